The van der Waals surface area contributed by atoms with Gasteiger partial charge in [-0.25, -0.2) is 4.39 Å². The highest BCUT2D eigenvalue weighted by molar-refractivity contribution is 5.30. The topological polar surface area (TPSA) is 21.3 Å². The third kappa shape index (κ3) is 4.57. The van der Waals surface area contributed by atoms with Gasteiger partial charge < -0.3 is 10.1 Å². The van der Waals surface area contributed by atoms with Gasteiger partial charge in [0.1, 0.15) is 6.61 Å². The highest BCUT2D eigenvalue weighted by Crippen LogP contribution is 2.20. The second kappa shape index (κ2) is 7.79. The molecule has 0 aromatic heterocycles. The Morgan fingerprint density at radius 1 is 0.952 bits per heavy atom. The third-order valence-electron chi connectivity index (χ3n) is 3.40. The number of hydrogen-bond acceptors (Lipinski definition) is 2. The minimum absolute atomic E-state index is 0.301. The van der Waals surface area contributed by atoms with Gasteiger partial charge in [0.05, 0.1) is 0 Å². The van der Waals surface area contributed by atoms with Crippen molar-refractivity contribution < 1.29 is 9.13 Å². The van der Waals surface area contributed by atoms with Crippen LogP contribution < -0.4 is 10.1 Å². The molecule has 1 N–H and O–H groups in total. The summed E-state index contributed by atoms with van der Waals surface area (Å²) in [6, 6.07) is 13.3. The van der Waals surface area contributed by atoms with E-state index in [0.717, 1.165) is 24.1 Å². The van der Waals surface area contributed by atoms with Crippen LogP contribution in [-0.2, 0) is 19.6 Å². The van der Waals surface area contributed by atoms with Crippen LogP contribution in [0.5, 0.6) is 5.75 Å². The lowest BCUT2D eigenvalue weighted by Gasteiger charge is -2.09. The Balaban J connectivity index is 1.95. The van der Waals surface area contributed by atoms with Crippen LogP contribution in [0, 0.1) is 5.82 Å². The number of halogens is 1. The van der Waals surface area contributed by atoms with Crippen molar-refractivity contribution in [2.24, 2.45) is 0 Å². The molecule has 0 atom stereocenters. The number of nitrogens with one attached hydrogen (secondary N) is 1. The lowest BCUT2D eigenvalue weighted by molar-refractivity contribution is 0.290. The molecule has 0 radical (unpaired) electrons. The van der Waals surface area contributed by atoms with E-state index >= 15 is 0 Å². The van der Waals surface area contributed by atoms with Crippen molar-refractivity contribution in [2.45, 2.75) is 33.4 Å². The smallest absolute Gasteiger partial charge is 0.165 e. The van der Waals surface area contributed by atoms with Crippen LogP contribution in [0.25, 0.3) is 0 Å². The van der Waals surface area contributed by atoms with Crippen LogP contribution >= 0.6 is 0 Å². The van der Waals surface area contributed by atoms with Crippen LogP contribution in [0.4, 0.5) is 4.39 Å². The summed E-state index contributed by atoms with van der Waals surface area (Å²) in [5.74, 6) is -0.00889. The molecule has 0 aliphatic carbocycles. The summed E-state index contributed by atoms with van der Waals surface area (Å²) >= 11 is 0. The average Bonchev–Trinajstić information content (AvgIpc) is 2.52. The van der Waals surface area contributed by atoms with Crippen LogP contribution in [0.2, 0.25) is 0 Å². The first kappa shape index (κ1) is 15.5. The molecule has 0 saturated heterocycles. The van der Waals surface area contributed by atoms with E-state index in [4.69, 9.17) is 4.74 Å². The molecule has 0 unspecified atom stereocenters. The van der Waals surface area contributed by atoms with Crippen molar-refractivity contribution in [3.8, 4) is 5.75 Å². The zero-order valence-electron chi connectivity index (χ0n) is 12.7. The second-order valence-electron chi connectivity index (χ2n) is 5.00. The first-order valence-corrected chi connectivity index (χ1v) is 7.42. The van der Waals surface area contributed by atoms with Crippen molar-refractivity contribution in [1.29, 1.82) is 0 Å². The highest BCUT2D eigenvalue weighted by Gasteiger charge is 2.05. The normalized spacial score (nSPS) is 10.6. The zero-order chi connectivity index (χ0) is 15.1. The fourth-order valence-corrected chi connectivity index (χ4v) is 2.07. The highest BCUT2D eigenvalue weighted by atomic mass is 19.1. The van der Waals surface area contributed by atoms with Crippen LogP contribution in [0.15, 0.2) is 42.5 Å². The van der Waals surface area contributed by atoms with E-state index in [1.165, 1.54) is 11.6 Å². The van der Waals surface area contributed by atoms with Crippen molar-refractivity contribution in [2.75, 3.05) is 6.54 Å². The fraction of sp³-hybridized carbons (Fsp3) is 0.333. The van der Waals surface area contributed by atoms with Gasteiger partial charge in [0.2, 0.25) is 0 Å². The SMILES string of the molecule is CCNCc1ccc(OCc2ccc(CC)cc2)c(F)c1. The molecule has 21 heavy (non-hydrogen) atoms. The first-order chi connectivity index (χ1) is 10.2. The Morgan fingerprint density at radius 2 is 1.62 bits per heavy atom. The molecule has 0 heterocycles. The Kier molecular flexibility index (Phi) is 5.76. The summed E-state index contributed by atoms with van der Waals surface area (Å²) in [7, 11) is 0. The van der Waals surface area contributed by atoms with Crippen LogP contribution in [0.3, 0.4) is 0 Å². The molecule has 2 rings (SSSR count). The van der Waals surface area contributed by atoms with E-state index in [2.05, 4.69) is 24.4 Å². The molecule has 0 spiro atoms. The molecule has 0 aliphatic rings. The predicted octanol–water partition coefficient (Wildman–Crippen LogP) is 4.08. The number of rotatable bonds is 7. The number of aryl methyl sites for hydroxylation is 1. The average molecular weight is 287 g/mol. The molecule has 0 fully saturated rings. The summed E-state index contributed by atoms with van der Waals surface area (Å²) in [5.41, 5.74) is 3.26. The van der Waals surface area contributed by atoms with E-state index in [9.17, 15) is 4.39 Å². The number of benzene rings is 2. The van der Waals surface area contributed by atoms with E-state index in [1.807, 2.05) is 25.1 Å². The standard InChI is InChI=1S/C18H22FNO/c1-3-14-5-7-15(8-6-14)13-21-18-10-9-16(11-17(18)19)12-20-4-2/h5-11,20H,3-4,12-13H2,1-2H3. The molecule has 2 aromatic carbocycles. The van der Waals surface area contributed by atoms with Gasteiger partial charge in [-0.3, -0.25) is 0 Å². The predicted molar refractivity (Wildman–Crippen MR) is 83.9 cm³/mol. The maximum absolute atomic E-state index is 13.9. The van der Waals surface area contributed by atoms with Gasteiger partial charge in [-0.1, -0.05) is 44.2 Å². The number of ether oxygens (including phenoxy) is 1. The molecule has 112 valence electrons. The molecule has 2 aromatic rings. The monoisotopic (exact) mass is 287 g/mol. The first-order valence-electron chi connectivity index (χ1n) is 7.42. The molecular weight excluding hydrogens is 265 g/mol. The Bertz CT molecular complexity index is 566. The molecule has 0 bridgehead atoms. The van der Waals surface area contributed by atoms with E-state index in [-0.39, 0.29) is 5.82 Å². The van der Waals surface area contributed by atoms with E-state index in [0.29, 0.717) is 18.9 Å². The maximum Gasteiger partial charge on any atom is 0.165 e. The zero-order valence-corrected chi connectivity index (χ0v) is 12.7. The minimum Gasteiger partial charge on any atom is -0.486 e. The second-order valence-corrected chi connectivity index (χ2v) is 5.00. The van der Waals surface area contributed by atoms with Gasteiger partial charge in [0.15, 0.2) is 11.6 Å². The Hall–Kier alpha value is -1.87. The lowest BCUT2D eigenvalue weighted by atomic mass is 10.1. The Morgan fingerprint density at radius 3 is 2.24 bits per heavy atom. The van der Waals surface area contributed by atoms with Gasteiger partial charge in [-0.05, 0) is 41.8 Å². The van der Waals surface area contributed by atoms with Crippen LogP contribution in [0.1, 0.15) is 30.5 Å². The van der Waals surface area contributed by atoms with Gasteiger partial charge in [-0.2, -0.15) is 0 Å². The number of hydrogen-bond donors (Lipinski definition) is 1. The third-order valence-corrected chi connectivity index (χ3v) is 3.40. The van der Waals surface area contributed by atoms with Gasteiger partial charge in [-0.15, -0.1) is 0 Å². The van der Waals surface area contributed by atoms with Crippen molar-refractivity contribution >= 4 is 0 Å². The summed E-state index contributed by atoms with van der Waals surface area (Å²) < 4.78 is 19.5. The molecule has 3 heteroatoms. The van der Waals surface area contributed by atoms with Crippen molar-refractivity contribution in [1.82, 2.24) is 5.32 Å². The largest absolute Gasteiger partial charge is 0.486 e. The lowest BCUT2D eigenvalue weighted by Crippen LogP contribution is -2.11. The summed E-state index contributed by atoms with van der Waals surface area (Å²) in [4.78, 5) is 0. The quantitative estimate of drug-likeness (QED) is 0.828. The molecule has 0 saturated carbocycles. The Labute approximate surface area is 126 Å². The molecule has 0 amide bonds. The van der Waals surface area contributed by atoms with E-state index in [1.54, 1.807) is 6.07 Å². The summed E-state index contributed by atoms with van der Waals surface area (Å²) in [6.07, 6.45) is 1.02. The minimum atomic E-state index is -0.310. The van der Waals surface area contributed by atoms with Gasteiger partial charge >= 0.3 is 0 Å². The fourth-order valence-electron chi connectivity index (χ4n) is 2.07. The molecule has 2 nitrogen and oxygen atoms in total. The molecule has 0 aliphatic heterocycles. The summed E-state index contributed by atoms with van der Waals surface area (Å²) in [5, 5.41) is 3.17. The molecular formula is C18H22FNO. The van der Waals surface area contributed by atoms with Gasteiger partial charge in [0.25, 0.3) is 0 Å². The van der Waals surface area contributed by atoms with Crippen LogP contribution in [-0.4, -0.2) is 6.54 Å². The summed E-state index contributed by atoms with van der Waals surface area (Å²) in [6.45, 7) is 6.07. The van der Waals surface area contributed by atoms with E-state index < -0.39 is 0 Å². The van der Waals surface area contributed by atoms with Gasteiger partial charge in [0, 0.05) is 6.54 Å². The van der Waals surface area contributed by atoms with Crippen molar-refractivity contribution in [3.63, 3.8) is 0 Å². The van der Waals surface area contributed by atoms with Crippen molar-refractivity contribution in [3.05, 3.63) is 65.0 Å². The maximum atomic E-state index is 13.9.